The molecular weight excluding hydrogens is 271 g/mol. The highest BCUT2D eigenvalue weighted by Crippen LogP contribution is 2.35. The van der Waals surface area contributed by atoms with Gasteiger partial charge in [0.05, 0.1) is 5.56 Å². The van der Waals surface area contributed by atoms with Crippen LogP contribution in [0.1, 0.15) is 18.4 Å². The second-order valence-electron chi connectivity index (χ2n) is 5.10. The average Bonchev–Trinajstić information content (AvgIpc) is 3.22. The second kappa shape index (κ2) is 5.12. The van der Waals surface area contributed by atoms with E-state index >= 15 is 0 Å². The van der Waals surface area contributed by atoms with Crippen molar-refractivity contribution in [2.45, 2.75) is 25.1 Å². The van der Waals surface area contributed by atoms with E-state index in [-0.39, 0.29) is 12.0 Å². The zero-order chi connectivity index (χ0) is 14.2. The van der Waals surface area contributed by atoms with Gasteiger partial charge >= 0.3 is 6.18 Å². The van der Waals surface area contributed by atoms with Gasteiger partial charge in [0.15, 0.2) is 0 Å². The maximum Gasteiger partial charge on any atom is 0.416 e. The number of alkyl halides is 3. The van der Waals surface area contributed by atoms with Crippen LogP contribution < -0.4 is 15.0 Å². The van der Waals surface area contributed by atoms with E-state index in [0.717, 1.165) is 38.1 Å². The number of aromatic nitrogens is 1. The van der Waals surface area contributed by atoms with E-state index in [0.29, 0.717) is 18.9 Å². The molecule has 4 nitrogen and oxygen atoms in total. The molecule has 0 bridgehead atoms. The monoisotopic (exact) mass is 287 g/mol. The minimum Gasteiger partial charge on any atom is -0.474 e. The number of hydrogen-bond donors (Lipinski definition) is 1. The summed E-state index contributed by atoms with van der Waals surface area (Å²) >= 11 is 0. The molecule has 0 atom stereocenters. The van der Waals surface area contributed by atoms with Crippen molar-refractivity contribution in [3.05, 3.63) is 17.7 Å². The zero-order valence-corrected chi connectivity index (χ0v) is 10.9. The number of hydrogen-bond acceptors (Lipinski definition) is 4. The Bertz CT molecular complexity index is 482. The first-order valence-corrected chi connectivity index (χ1v) is 6.74. The summed E-state index contributed by atoms with van der Waals surface area (Å²) in [6.45, 7) is 2.79. The van der Waals surface area contributed by atoms with Crippen LogP contribution in [0, 0.1) is 0 Å². The van der Waals surface area contributed by atoms with Crippen molar-refractivity contribution in [3.8, 4) is 5.88 Å². The molecule has 7 heteroatoms. The fourth-order valence-corrected chi connectivity index (χ4v) is 2.13. The number of rotatable bonds is 3. The van der Waals surface area contributed by atoms with Gasteiger partial charge < -0.3 is 15.0 Å². The van der Waals surface area contributed by atoms with Crippen molar-refractivity contribution in [2.24, 2.45) is 0 Å². The van der Waals surface area contributed by atoms with Gasteiger partial charge in [-0.15, -0.1) is 0 Å². The minimum absolute atomic E-state index is 0.0295. The highest BCUT2D eigenvalue weighted by Gasteiger charge is 2.33. The molecule has 0 spiro atoms. The molecule has 1 aliphatic heterocycles. The molecule has 0 radical (unpaired) electrons. The molecule has 1 N–H and O–H groups in total. The molecule has 3 rings (SSSR count). The summed E-state index contributed by atoms with van der Waals surface area (Å²) in [5.41, 5.74) is -0.698. The zero-order valence-electron chi connectivity index (χ0n) is 10.9. The third-order valence-electron chi connectivity index (χ3n) is 3.37. The number of halogens is 3. The number of piperazine rings is 1. The Morgan fingerprint density at radius 3 is 2.50 bits per heavy atom. The summed E-state index contributed by atoms with van der Waals surface area (Å²) in [5.74, 6) is 0.424. The van der Waals surface area contributed by atoms with Crippen molar-refractivity contribution in [2.75, 3.05) is 31.1 Å². The first-order valence-electron chi connectivity index (χ1n) is 6.74. The van der Waals surface area contributed by atoms with Gasteiger partial charge in [0, 0.05) is 32.2 Å². The van der Waals surface area contributed by atoms with E-state index in [1.165, 1.54) is 0 Å². The Kier molecular flexibility index (Phi) is 3.45. The maximum atomic E-state index is 13.0. The fourth-order valence-electron chi connectivity index (χ4n) is 2.13. The topological polar surface area (TPSA) is 37.4 Å². The van der Waals surface area contributed by atoms with Gasteiger partial charge in [0.1, 0.15) is 11.9 Å². The quantitative estimate of drug-likeness (QED) is 0.923. The number of anilines is 1. The molecule has 1 aromatic rings. The predicted molar refractivity (Wildman–Crippen MR) is 68.0 cm³/mol. The molecule has 2 heterocycles. The summed E-state index contributed by atoms with van der Waals surface area (Å²) < 4.78 is 44.3. The van der Waals surface area contributed by atoms with E-state index in [4.69, 9.17) is 4.74 Å². The lowest BCUT2D eigenvalue weighted by molar-refractivity contribution is -0.137. The Morgan fingerprint density at radius 2 is 1.90 bits per heavy atom. The van der Waals surface area contributed by atoms with Crippen LogP contribution >= 0.6 is 0 Å². The number of nitrogens with zero attached hydrogens (tertiary/aromatic N) is 2. The van der Waals surface area contributed by atoms with Crippen molar-refractivity contribution in [1.29, 1.82) is 0 Å². The largest absolute Gasteiger partial charge is 0.474 e. The van der Waals surface area contributed by atoms with E-state index < -0.39 is 11.7 Å². The van der Waals surface area contributed by atoms with Crippen LogP contribution in [0.5, 0.6) is 5.88 Å². The lowest BCUT2D eigenvalue weighted by Gasteiger charge is -2.29. The standard InChI is InChI=1S/C13H16F3N3O/c14-13(15,16)9-7-11(19-5-3-17-4-6-19)18-12(8-9)20-10-1-2-10/h7-8,10,17H,1-6H2. The van der Waals surface area contributed by atoms with Crippen LogP contribution in [-0.2, 0) is 6.18 Å². The van der Waals surface area contributed by atoms with Gasteiger partial charge in [-0.05, 0) is 18.9 Å². The van der Waals surface area contributed by atoms with Crippen LogP contribution in [0.25, 0.3) is 0 Å². The molecule has 1 saturated heterocycles. The van der Waals surface area contributed by atoms with Crippen molar-refractivity contribution >= 4 is 5.82 Å². The summed E-state index contributed by atoms with van der Waals surface area (Å²) in [4.78, 5) is 6.08. The highest BCUT2D eigenvalue weighted by atomic mass is 19.4. The van der Waals surface area contributed by atoms with E-state index in [1.807, 2.05) is 4.90 Å². The van der Waals surface area contributed by atoms with Gasteiger partial charge in [-0.2, -0.15) is 18.2 Å². The number of pyridine rings is 1. The van der Waals surface area contributed by atoms with Crippen LogP contribution in [0.15, 0.2) is 12.1 Å². The van der Waals surface area contributed by atoms with Gasteiger partial charge in [0.25, 0.3) is 0 Å². The van der Waals surface area contributed by atoms with Crippen LogP contribution in [0.3, 0.4) is 0 Å². The van der Waals surface area contributed by atoms with Gasteiger partial charge in [-0.3, -0.25) is 0 Å². The Hall–Kier alpha value is -1.50. The SMILES string of the molecule is FC(F)(F)c1cc(OC2CC2)nc(N2CCNCC2)c1. The summed E-state index contributed by atoms with van der Waals surface area (Å²) in [6.07, 6.45) is -2.57. The van der Waals surface area contributed by atoms with Crippen LogP contribution in [0.4, 0.5) is 19.0 Å². The molecule has 0 amide bonds. The smallest absolute Gasteiger partial charge is 0.416 e. The van der Waals surface area contributed by atoms with Gasteiger partial charge in [-0.25, -0.2) is 0 Å². The molecule has 1 saturated carbocycles. The molecule has 1 aromatic heterocycles. The third-order valence-corrected chi connectivity index (χ3v) is 3.37. The first kappa shape index (κ1) is 13.5. The Labute approximate surface area is 114 Å². The lowest BCUT2D eigenvalue weighted by atomic mass is 10.2. The fraction of sp³-hybridized carbons (Fsp3) is 0.615. The van der Waals surface area contributed by atoms with E-state index in [1.54, 1.807) is 0 Å². The van der Waals surface area contributed by atoms with Gasteiger partial charge in [-0.1, -0.05) is 0 Å². The van der Waals surface area contributed by atoms with Crippen molar-refractivity contribution in [3.63, 3.8) is 0 Å². The van der Waals surface area contributed by atoms with E-state index in [2.05, 4.69) is 10.3 Å². The van der Waals surface area contributed by atoms with Crippen molar-refractivity contribution < 1.29 is 17.9 Å². The Morgan fingerprint density at radius 1 is 1.20 bits per heavy atom. The van der Waals surface area contributed by atoms with Gasteiger partial charge in [0.2, 0.25) is 5.88 Å². The number of nitrogens with one attached hydrogen (secondary N) is 1. The molecule has 20 heavy (non-hydrogen) atoms. The molecule has 2 aliphatic rings. The third kappa shape index (κ3) is 3.15. The molecular formula is C13H16F3N3O. The highest BCUT2D eigenvalue weighted by molar-refractivity contribution is 5.45. The number of ether oxygens (including phenoxy) is 1. The van der Waals surface area contributed by atoms with Crippen molar-refractivity contribution in [1.82, 2.24) is 10.3 Å². The molecule has 0 aromatic carbocycles. The molecule has 0 unspecified atom stereocenters. The first-order chi connectivity index (χ1) is 9.52. The summed E-state index contributed by atoms with van der Waals surface area (Å²) in [7, 11) is 0. The second-order valence-corrected chi connectivity index (χ2v) is 5.10. The van der Waals surface area contributed by atoms with Crippen LogP contribution in [0.2, 0.25) is 0 Å². The molecule has 1 aliphatic carbocycles. The predicted octanol–water partition coefficient (Wildman–Crippen LogP) is 2.05. The minimum atomic E-state index is -4.38. The lowest BCUT2D eigenvalue weighted by Crippen LogP contribution is -2.44. The normalized spacial score (nSPS) is 20.1. The summed E-state index contributed by atoms with van der Waals surface area (Å²) in [5, 5.41) is 3.16. The molecule has 110 valence electrons. The summed E-state index contributed by atoms with van der Waals surface area (Å²) in [6, 6.07) is 2.09. The van der Waals surface area contributed by atoms with Crippen LogP contribution in [-0.4, -0.2) is 37.3 Å². The Balaban J connectivity index is 1.90. The average molecular weight is 287 g/mol. The molecule has 2 fully saturated rings. The van der Waals surface area contributed by atoms with E-state index in [9.17, 15) is 13.2 Å². The maximum absolute atomic E-state index is 13.0.